The van der Waals surface area contributed by atoms with Gasteiger partial charge in [0, 0.05) is 36.3 Å². The number of carbonyl (C=O) groups is 3. The zero-order valence-electron chi connectivity index (χ0n) is 22.1. The van der Waals surface area contributed by atoms with Crippen LogP contribution in [0.25, 0.3) is 0 Å². The van der Waals surface area contributed by atoms with Crippen molar-refractivity contribution < 1.29 is 14.4 Å². The molecule has 3 fully saturated rings. The number of aromatic nitrogens is 1. The quantitative estimate of drug-likeness (QED) is 0.421. The highest BCUT2D eigenvalue weighted by Gasteiger charge is 2.64. The number of nitrogens with zero attached hydrogens (tertiary/aromatic N) is 4. The number of anilines is 2. The summed E-state index contributed by atoms with van der Waals surface area (Å²) in [4.78, 5) is 46.6. The second-order valence-electron chi connectivity index (χ2n) is 10.3. The first-order valence-electron chi connectivity index (χ1n) is 13.1. The minimum Gasteiger partial charge on any atom is -0.366 e. The van der Waals surface area contributed by atoms with Crippen molar-refractivity contribution in [1.29, 1.82) is 5.26 Å². The Bertz CT molecular complexity index is 1080. The first-order chi connectivity index (χ1) is 17.7. The van der Waals surface area contributed by atoms with Gasteiger partial charge in [0.1, 0.15) is 11.6 Å². The van der Waals surface area contributed by atoms with Gasteiger partial charge in [0.2, 0.25) is 17.7 Å². The highest BCUT2D eigenvalue weighted by Crippen LogP contribution is 2.58. The van der Waals surface area contributed by atoms with Crippen LogP contribution >= 0.6 is 11.8 Å². The average molecular weight is 528 g/mol. The fourth-order valence-corrected chi connectivity index (χ4v) is 7.29. The number of carbonyl (C=O) groups excluding carboxylic acids is 3. The Hall–Kier alpha value is -2.84. The number of pyridine rings is 1. The highest BCUT2D eigenvalue weighted by molar-refractivity contribution is 8.00. The second-order valence-corrected chi connectivity index (χ2v) is 11.6. The van der Waals surface area contributed by atoms with Gasteiger partial charge in [-0.1, -0.05) is 6.07 Å². The summed E-state index contributed by atoms with van der Waals surface area (Å²) in [5.41, 5.74) is 0. The molecule has 11 heteroatoms. The van der Waals surface area contributed by atoms with E-state index in [4.69, 9.17) is 0 Å². The number of nitriles is 1. The monoisotopic (exact) mass is 527 g/mol. The van der Waals surface area contributed by atoms with Crippen LogP contribution in [0.15, 0.2) is 18.2 Å². The van der Waals surface area contributed by atoms with Crippen molar-refractivity contribution in [2.45, 2.75) is 56.8 Å². The van der Waals surface area contributed by atoms with Gasteiger partial charge < -0.3 is 20.9 Å². The van der Waals surface area contributed by atoms with Crippen LogP contribution in [0.1, 0.15) is 34.1 Å². The van der Waals surface area contributed by atoms with E-state index >= 15 is 0 Å². The van der Waals surface area contributed by atoms with E-state index in [0.717, 1.165) is 0 Å². The summed E-state index contributed by atoms with van der Waals surface area (Å²) in [7, 11) is 1.90. The largest absolute Gasteiger partial charge is 0.366 e. The minimum atomic E-state index is -0.371. The molecule has 4 rings (SSSR count). The van der Waals surface area contributed by atoms with Crippen LogP contribution in [0.5, 0.6) is 0 Å². The predicted molar refractivity (Wildman–Crippen MR) is 143 cm³/mol. The summed E-state index contributed by atoms with van der Waals surface area (Å²) in [5.74, 6) is 0.0107. The lowest BCUT2D eigenvalue weighted by molar-refractivity contribution is -0.140. The Morgan fingerprint density at radius 1 is 1.30 bits per heavy atom. The third-order valence-electron chi connectivity index (χ3n) is 7.68. The molecule has 2 heterocycles. The molecule has 2 saturated carbocycles. The molecular formula is C26H37N7O3S. The minimum absolute atomic E-state index is 0.0354. The molecule has 1 aromatic rings. The molecule has 1 aliphatic heterocycles. The third-order valence-corrected chi connectivity index (χ3v) is 9.50. The lowest BCUT2D eigenvalue weighted by atomic mass is 9.78. The molecule has 3 aliphatic rings. The van der Waals surface area contributed by atoms with Crippen LogP contribution in [0.4, 0.5) is 11.6 Å². The normalized spacial score (nSPS) is 30.3. The van der Waals surface area contributed by atoms with Crippen molar-refractivity contribution in [2.24, 2.45) is 23.7 Å². The fourth-order valence-electron chi connectivity index (χ4n) is 5.26. The number of amides is 3. The van der Waals surface area contributed by atoms with E-state index in [9.17, 15) is 19.6 Å². The molecule has 10 nitrogen and oxygen atoms in total. The second kappa shape index (κ2) is 11.3. The standard InChI is InChI=1S/C26H37N7O3S/c1-6-28-24(35)21-16(12-27)22(21)26-33(7-2)25(36)15-11-17(23(15)37-26)29-18-9-8-10-19(30-18)31-20(34)13-32(5)14(3)4/h8-10,14-17,21-23,26H,6-7,11,13H2,1-5H3,(H,28,35)(H2,29,30,31,34). The average Bonchev–Trinajstić information content (AvgIpc) is 3.58. The summed E-state index contributed by atoms with van der Waals surface area (Å²) >= 11 is 1.71. The van der Waals surface area contributed by atoms with E-state index in [1.54, 1.807) is 17.8 Å². The number of hydrogen-bond donors (Lipinski definition) is 3. The SMILES string of the molecule is CCNC(=O)C1C(C#N)C1C1SC2C(Nc3cccc(NC(=O)CN(C)C(C)C)n3)CC2C(=O)N1CC. The van der Waals surface area contributed by atoms with E-state index in [0.29, 0.717) is 31.1 Å². The summed E-state index contributed by atoms with van der Waals surface area (Å²) < 4.78 is 0. The molecule has 0 aromatic carbocycles. The summed E-state index contributed by atoms with van der Waals surface area (Å²) in [6.07, 6.45) is 0.698. The summed E-state index contributed by atoms with van der Waals surface area (Å²) in [6.45, 7) is 9.24. The lowest BCUT2D eigenvalue weighted by Gasteiger charge is -2.52. The Kier molecular flexibility index (Phi) is 8.29. The summed E-state index contributed by atoms with van der Waals surface area (Å²) in [6, 6.07) is 8.04. The Labute approximate surface area is 222 Å². The molecule has 3 N–H and O–H groups in total. The first kappa shape index (κ1) is 27.2. The highest BCUT2D eigenvalue weighted by atomic mass is 32.2. The van der Waals surface area contributed by atoms with Gasteiger partial charge in [-0.05, 0) is 53.3 Å². The number of fused-ring (bicyclic) bond motifs is 1. The van der Waals surface area contributed by atoms with E-state index in [1.807, 2.05) is 56.7 Å². The van der Waals surface area contributed by atoms with E-state index in [2.05, 4.69) is 27.0 Å². The Balaban J connectivity index is 1.42. The topological polar surface area (TPSA) is 130 Å². The van der Waals surface area contributed by atoms with Crippen LogP contribution < -0.4 is 16.0 Å². The maximum Gasteiger partial charge on any atom is 0.239 e. The van der Waals surface area contributed by atoms with Gasteiger partial charge in [0.05, 0.1) is 35.7 Å². The van der Waals surface area contributed by atoms with Gasteiger partial charge in [0.25, 0.3) is 0 Å². The van der Waals surface area contributed by atoms with Gasteiger partial charge in [-0.2, -0.15) is 5.26 Å². The van der Waals surface area contributed by atoms with Crippen molar-refractivity contribution in [1.82, 2.24) is 20.1 Å². The Morgan fingerprint density at radius 3 is 2.68 bits per heavy atom. The molecule has 1 saturated heterocycles. The lowest BCUT2D eigenvalue weighted by Crippen LogP contribution is -2.62. The van der Waals surface area contributed by atoms with Crippen LogP contribution in [0, 0.1) is 35.0 Å². The van der Waals surface area contributed by atoms with Crippen molar-refractivity contribution in [2.75, 3.05) is 37.3 Å². The maximum absolute atomic E-state index is 13.3. The van der Waals surface area contributed by atoms with Crippen molar-refractivity contribution in [3.05, 3.63) is 18.2 Å². The fraction of sp³-hybridized carbons (Fsp3) is 0.654. The van der Waals surface area contributed by atoms with Crippen LogP contribution in [-0.4, -0.2) is 81.9 Å². The Morgan fingerprint density at radius 2 is 2.03 bits per heavy atom. The molecule has 37 heavy (non-hydrogen) atoms. The van der Waals surface area contributed by atoms with Gasteiger partial charge >= 0.3 is 0 Å². The molecule has 200 valence electrons. The van der Waals surface area contributed by atoms with Crippen molar-refractivity contribution in [3.63, 3.8) is 0 Å². The van der Waals surface area contributed by atoms with Gasteiger partial charge in [-0.3, -0.25) is 19.3 Å². The number of likely N-dealkylation sites (N-methyl/N-ethyl adjacent to an activating group) is 1. The van der Waals surface area contributed by atoms with Crippen molar-refractivity contribution in [3.8, 4) is 6.07 Å². The maximum atomic E-state index is 13.3. The molecule has 2 aliphatic carbocycles. The van der Waals surface area contributed by atoms with E-state index < -0.39 is 0 Å². The zero-order chi connectivity index (χ0) is 26.9. The third kappa shape index (κ3) is 5.55. The van der Waals surface area contributed by atoms with Gasteiger partial charge in [0.15, 0.2) is 0 Å². The smallest absolute Gasteiger partial charge is 0.239 e. The molecule has 0 spiro atoms. The molecule has 1 aromatic heterocycles. The molecule has 0 radical (unpaired) electrons. The zero-order valence-corrected chi connectivity index (χ0v) is 22.9. The molecule has 7 unspecified atom stereocenters. The van der Waals surface area contributed by atoms with E-state index in [-0.39, 0.29) is 70.6 Å². The molecular weight excluding hydrogens is 490 g/mol. The number of nitrogens with one attached hydrogen (secondary N) is 3. The van der Waals surface area contributed by atoms with E-state index in [1.165, 1.54) is 0 Å². The van der Waals surface area contributed by atoms with Crippen molar-refractivity contribution >= 4 is 41.1 Å². The molecule has 3 amide bonds. The van der Waals surface area contributed by atoms with Crippen LogP contribution in [-0.2, 0) is 14.4 Å². The molecule has 7 atom stereocenters. The molecule has 0 bridgehead atoms. The van der Waals surface area contributed by atoms with Crippen LogP contribution in [0.2, 0.25) is 0 Å². The van der Waals surface area contributed by atoms with Crippen LogP contribution in [0.3, 0.4) is 0 Å². The first-order valence-corrected chi connectivity index (χ1v) is 14.0. The summed E-state index contributed by atoms with van der Waals surface area (Å²) in [5, 5.41) is 18.7. The van der Waals surface area contributed by atoms with Gasteiger partial charge in [-0.15, -0.1) is 11.8 Å². The number of hydrogen-bond acceptors (Lipinski definition) is 8. The number of rotatable bonds is 10. The van der Waals surface area contributed by atoms with Gasteiger partial charge in [-0.25, -0.2) is 4.98 Å². The predicted octanol–water partition coefficient (Wildman–Crippen LogP) is 1.97. The number of thioether (sulfide) groups is 1.